The first-order valence-corrected chi connectivity index (χ1v) is 9.94. The number of benzene rings is 3. The van der Waals surface area contributed by atoms with Gasteiger partial charge >= 0.3 is 0 Å². The summed E-state index contributed by atoms with van der Waals surface area (Å²) in [6.45, 7) is 0.124. The van der Waals surface area contributed by atoms with Crippen LogP contribution in [0.15, 0.2) is 95.7 Å². The lowest BCUT2D eigenvalue weighted by Gasteiger charge is -2.15. The minimum absolute atomic E-state index is 0.0109. The van der Waals surface area contributed by atoms with Gasteiger partial charge in [-0.1, -0.05) is 66.2 Å². The van der Waals surface area contributed by atoms with Gasteiger partial charge in [0, 0.05) is 16.9 Å². The van der Waals surface area contributed by atoms with Crippen molar-refractivity contribution in [2.24, 2.45) is 0 Å². The largest absolute Gasteiger partial charge is 0.350 e. The fourth-order valence-corrected chi connectivity index (χ4v) is 3.40. The van der Waals surface area contributed by atoms with Crippen molar-refractivity contribution in [3.05, 3.63) is 107 Å². The standard InChI is InChI=1S/C24H18ClN3O3/c25-20-21(24(31)28(23(20)30)15-16-8-3-1-4-9-16)26-19-13-7-10-17(14-19)22(29)27-18-11-5-2-6-12-18/h1-14,26H,15H2,(H,27,29). The van der Waals surface area contributed by atoms with Crippen molar-refractivity contribution in [1.82, 2.24) is 4.90 Å². The zero-order chi connectivity index (χ0) is 21.8. The van der Waals surface area contributed by atoms with Crippen molar-refractivity contribution in [2.45, 2.75) is 6.54 Å². The number of carbonyl (C=O) groups excluding carboxylic acids is 3. The van der Waals surface area contributed by atoms with Crippen LogP contribution in [0.1, 0.15) is 15.9 Å². The van der Waals surface area contributed by atoms with E-state index >= 15 is 0 Å². The highest BCUT2D eigenvalue weighted by Gasteiger charge is 2.37. The molecule has 1 heterocycles. The molecule has 6 nitrogen and oxygen atoms in total. The van der Waals surface area contributed by atoms with Gasteiger partial charge in [0.1, 0.15) is 10.7 Å². The van der Waals surface area contributed by atoms with Gasteiger partial charge in [-0.15, -0.1) is 0 Å². The molecule has 7 heteroatoms. The zero-order valence-electron chi connectivity index (χ0n) is 16.3. The predicted octanol–water partition coefficient (Wildman–Crippen LogP) is 4.37. The maximum absolute atomic E-state index is 12.8. The Balaban J connectivity index is 1.50. The Morgan fingerprint density at radius 2 is 1.45 bits per heavy atom. The van der Waals surface area contributed by atoms with Crippen LogP contribution in [0, 0.1) is 0 Å². The van der Waals surface area contributed by atoms with Crippen LogP contribution < -0.4 is 10.6 Å². The third-order valence-corrected chi connectivity index (χ3v) is 5.07. The van der Waals surface area contributed by atoms with Gasteiger partial charge in [0.15, 0.2) is 0 Å². The molecule has 0 spiro atoms. The molecule has 0 bridgehead atoms. The SMILES string of the molecule is O=C(Nc1ccccc1)c1cccc(NC2=C(Cl)C(=O)N(Cc3ccccc3)C2=O)c1. The highest BCUT2D eigenvalue weighted by atomic mass is 35.5. The van der Waals surface area contributed by atoms with Crippen LogP contribution in [0.5, 0.6) is 0 Å². The second kappa shape index (κ2) is 8.85. The molecule has 3 aromatic carbocycles. The molecule has 31 heavy (non-hydrogen) atoms. The van der Waals surface area contributed by atoms with Gasteiger partial charge in [0.25, 0.3) is 17.7 Å². The average Bonchev–Trinajstić information content (AvgIpc) is 2.99. The van der Waals surface area contributed by atoms with E-state index < -0.39 is 11.8 Å². The number of nitrogens with one attached hydrogen (secondary N) is 2. The van der Waals surface area contributed by atoms with E-state index in [4.69, 9.17) is 11.6 Å². The molecule has 154 valence electrons. The highest BCUT2D eigenvalue weighted by molar-refractivity contribution is 6.48. The van der Waals surface area contributed by atoms with E-state index in [2.05, 4.69) is 10.6 Å². The lowest BCUT2D eigenvalue weighted by molar-refractivity contribution is -0.138. The van der Waals surface area contributed by atoms with Crippen LogP contribution in [0.25, 0.3) is 0 Å². The molecule has 1 aliphatic rings. The summed E-state index contributed by atoms with van der Waals surface area (Å²) in [5.74, 6) is -1.37. The third kappa shape index (κ3) is 4.49. The quantitative estimate of drug-likeness (QED) is 0.568. The first kappa shape index (κ1) is 20.4. The van der Waals surface area contributed by atoms with Gasteiger partial charge in [-0.05, 0) is 35.9 Å². The van der Waals surface area contributed by atoms with E-state index in [1.54, 1.807) is 36.4 Å². The van der Waals surface area contributed by atoms with E-state index in [1.807, 2.05) is 48.5 Å². The Labute approximate surface area is 184 Å². The summed E-state index contributed by atoms with van der Waals surface area (Å²) in [6.07, 6.45) is 0. The number of amides is 3. The van der Waals surface area contributed by atoms with Gasteiger partial charge in [0.2, 0.25) is 0 Å². The number of carbonyl (C=O) groups is 3. The van der Waals surface area contributed by atoms with Gasteiger partial charge in [-0.3, -0.25) is 19.3 Å². The summed E-state index contributed by atoms with van der Waals surface area (Å²) in [5.41, 5.74) is 2.34. The minimum atomic E-state index is -0.559. The topological polar surface area (TPSA) is 78.5 Å². The fourth-order valence-electron chi connectivity index (χ4n) is 3.17. The molecule has 3 aromatic rings. The maximum atomic E-state index is 12.8. The maximum Gasteiger partial charge on any atom is 0.279 e. The smallest absolute Gasteiger partial charge is 0.279 e. The number of para-hydroxylation sites is 1. The Hall–Kier alpha value is -3.90. The monoisotopic (exact) mass is 431 g/mol. The minimum Gasteiger partial charge on any atom is -0.350 e. The molecular formula is C24H18ClN3O3. The Morgan fingerprint density at radius 3 is 2.16 bits per heavy atom. The van der Waals surface area contributed by atoms with E-state index in [9.17, 15) is 14.4 Å². The van der Waals surface area contributed by atoms with Crippen molar-refractivity contribution < 1.29 is 14.4 Å². The lowest BCUT2D eigenvalue weighted by Crippen LogP contribution is -2.31. The second-order valence-corrected chi connectivity index (χ2v) is 7.27. The summed E-state index contributed by atoms with van der Waals surface area (Å²) in [7, 11) is 0. The van der Waals surface area contributed by atoms with Crippen LogP contribution in [-0.2, 0) is 16.1 Å². The highest BCUT2D eigenvalue weighted by Crippen LogP contribution is 2.27. The molecule has 1 aliphatic heterocycles. The molecule has 0 unspecified atom stereocenters. The molecule has 0 saturated carbocycles. The summed E-state index contributed by atoms with van der Waals surface area (Å²) < 4.78 is 0. The number of imide groups is 1. The number of anilines is 2. The van der Waals surface area contributed by atoms with Gasteiger partial charge in [-0.2, -0.15) is 0 Å². The summed E-state index contributed by atoms with van der Waals surface area (Å²) in [6, 6.07) is 24.9. The van der Waals surface area contributed by atoms with Crippen molar-refractivity contribution >= 4 is 40.7 Å². The first-order chi connectivity index (χ1) is 15.0. The Morgan fingerprint density at radius 1 is 0.806 bits per heavy atom. The Kier molecular flexibility index (Phi) is 5.82. The van der Waals surface area contributed by atoms with E-state index in [0.717, 1.165) is 10.5 Å². The Bertz CT molecular complexity index is 1180. The third-order valence-electron chi connectivity index (χ3n) is 4.72. The predicted molar refractivity (Wildman–Crippen MR) is 119 cm³/mol. The lowest BCUT2D eigenvalue weighted by atomic mass is 10.1. The molecule has 3 amide bonds. The van der Waals surface area contributed by atoms with Crippen molar-refractivity contribution in [1.29, 1.82) is 0 Å². The average molecular weight is 432 g/mol. The molecule has 0 atom stereocenters. The number of hydrogen-bond donors (Lipinski definition) is 2. The first-order valence-electron chi connectivity index (χ1n) is 9.56. The van der Waals surface area contributed by atoms with Crippen LogP contribution in [-0.4, -0.2) is 22.6 Å². The van der Waals surface area contributed by atoms with Crippen molar-refractivity contribution in [3.63, 3.8) is 0 Å². The van der Waals surface area contributed by atoms with Crippen LogP contribution in [0.3, 0.4) is 0 Å². The van der Waals surface area contributed by atoms with E-state index in [0.29, 0.717) is 16.9 Å². The van der Waals surface area contributed by atoms with E-state index in [-0.39, 0.29) is 23.2 Å². The summed E-state index contributed by atoms with van der Waals surface area (Å²) in [5, 5.41) is 5.52. The number of halogens is 1. The van der Waals surface area contributed by atoms with Gasteiger partial charge in [0.05, 0.1) is 6.54 Å². The summed E-state index contributed by atoms with van der Waals surface area (Å²) >= 11 is 6.17. The number of hydrogen-bond acceptors (Lipinski definition) is 4. The second-order valence-electron chi connectivity index (χ2n) is 6.90. The van der Waals surface area contributed by atoms with Gasteiger partial charge in [-0.25, -0.2) is 0 Å². The molecule has 0 fully saturated rings. The number of rotatable bonds is 6. The normalized spacial score (nSPS) is 13.5. The fraction of sp³-hybridized carbons (Fsp3) is 0.0417. The zero-order valence-corrected chi connectivity index (χ0v) is 17.1. The van der Waals surface area contributed by atoms with Crippen LogP contribution in [0.2, 0.25) is 0 Å². The van der Waals surface area contributed by atoms with Crippen LogP contribution >= 0.6 is 11.6 Å². The molecule has 2 N–H and O–H groups in total. The van der Waals surface area contributed by atoms with Crippen molar-refractivity contribution in [3.8, 4) is 0 Å². The molecule has 4 rings (SSSR count). The van der Waals surface area contributed by atoms with Crippen LogP contribution in [0.4, 0.5) is 11.4 Å². The van der Waals surface area contributed by atoms with E-state index in [1.165, 1.54) is 0 Å². The summed E-state index contributed by atoms with van der Waals surface area (Å²) in [4.78, 5) is 38.9. The number of nitrogens with zero attached hydrogens (tertiary/aromatic N) is 1. The van der Waals surface area contributed by atoms with Gasteiger partial charge < -0.3 is 10.6 Å². The van der Waals surface area contributed by atoms with Crippen molar-refractivity contribution in [2.75, 3.05) is 10.6 Å². The molecule has 0 aromatic heterocycles. The molecule has 0 saturated heterocycles. The molecule has 0 aliphatic carbocycles. The molecular weight excluding hydrogens is 414 g/mol. The molecule has 0 radical (unpaired) electrons.